The monoisotopic (exact) mass is 187 g/mol. The fraction of sp³-hybridized carbons (Fsp3) is 0.900. The maximum Gasteiger partial charge on any atom is 0.308 e. The second kappa shape index (κ2) is 6.89. The average molecular weight is 187 g/mol. The number of hydrogen-bond donors (Lipinski definition) is 2. The van der Waals surface area contributed by atoms with Gasteiger partial charge >= 0.3 is 5.97 Å². The standard InChI is InChI=1S/C10H21NO2/c1-4-7-11-9(6-3)8(5-2)10(12)13/h8-9,11H,4-7H2,1-3H3,(H,12,13). The van der Waals surface area contributed by atoms with Gasteiger partial charge in [0.2, 0.25) is 0 Å². The molecule has 0 aromatic carbocycles. The minimum atomic E-state index is -0.682. The number of carboxylic acids is 1. The van der Waals surface area contributed by atoms with Gasteiger partial charge in [0.05, 0.1) is 5.92 Å². The van der Waals surface area contributed by atoms with Crippen LogP contribution in [0.5, 0.6) is 0 Å². The Labute approximate surface area is 80.5 Å². The Kier molecular flexibility index (Phi) is 6.59. The molecule has 0 aromatic heterocycles. The van der Waals surface area contributed by atoms with Gasteiger partial charge in [0.1, 0.15) is 0 Å². The lowest BCUT2D eigenvalue weighted by atomic mass is 9.95. The summed E-state index contributed by atoms with van der Waals surface area (Å²) < 4.78 is 0. The van der Waals surface area contributed by atoms with Crippen molar-refractivity contribution in [1.29, 1.82) is 0 Å². The Morgan fingerprint density at radius 3 is 2.23 bits per heavy atom. The third-order valence-electron chi connectivity index (χ3n) is 2.34. The van der Waals surface area contributed by atoms with Crippen molar-refractivity contribution in [3.63, 3.8) is 0 Å². The Bertz CT molecular complexity index is 148. The molecular formula is C10H21NO2. The molecule has 0 aliphatic heterocycles. The maximum absolute atomic E-state index is 10.9. The molecule has 0 radical (unpaired) electrons. The van der Waals surface area contributed by atoms with E-state index in [1.807, 2.05) is 13.8 Å². The quantitative estimate of drug-likeness (QED) is 0.639. The third kappa shape index (κ3) is 4.27. The minimum Gasteiger partial charge on any atom is -0.481 e. The van der Waals surface area contributed by atoms with E-state index in [1.54, 1.807) is 0 Å². The van der Waals surface area contributed by atoms with Crippen LogP contribution in [0.4, 0.5) is 0 Å². The zero-order valence-electron chi connectivity index (χ0n) is 8.84. The van der Waals surface area contributed by atoms with Gasteiger partial charge in [-0.05, 0) is 25.8 Å². The summed E-state index contributed by atoms with van der Waals surface area (Å²) in [5, 5.41) is 12.2. The van der Waals surface area contributed by atoms with Gasteiger partial charge < -0.3 is 10.4 Å². The largest absolute Gasteiger partial charge is 0.481 e. The number of nitrogens with one attached hydrogen (secondary N) is 1. The van der Waals surface area contributed by atoms with Crippen LogP contribution < -0.4 is 5.32 Å². The predicted molar refractivity (Wildman–Crippen MR) is 53.8 cm³/mol. The molecule has 0 saturated carbocycles. The van der Waals surface area contributed by atoms with E-state index in [2.05, 4.69) is 12.2 Å². The van der Waals surface area contributed by atoms with E-state index in [1.165, 1.54) is 0 Å². The zero-order chi connectivity index (χ0) is 10.3. The molecule has 2 unspecified atom stereocenters. The first kappa shape index (κ1) is 12.4. The molecule has 3 nitrogen and oxygen atoms in total. The highest BCUT2D eigenvalue weighted by molar-refractivity contribution is 5.70. The zero-order valence-corrected chi connectivity index (χ0v) is 8.84. The van der Waals surface area contributed by atoms with E-state index in [-0.39, 0.29) is 12.0 Å². The van der Waals surface area contributed by atoms with Crippen molar-refractivity contribution >= 4 is 5.97 Å². The first-order valence-corrected chi connectivity index (χ1v) is 5.13. The highest BCUT2D eigenvalue weighted by Gasteiger charge is 2.23. The van der Waals surface area contributed by atoms with Gasteiger partial charge in [0.25, 0.3) is 0 Å². The molecule has 2 atom stereocenters. The van der Waals surface area contributed by atoms with Crippen molar-refractivity contribution in [1.82, 2.24) is 5.32 Å². The molecule has 0 heterocycles. The Hall–Kier alpha value is -0.570. The molecule has 0 rings (SSSR count). The summed E-state index contributed by atoms with van der Waals surface area (Å²) >= 11 is 0. The summed E-state index contributed by atoms with van der Waals surface area (Å²) in [4.78, 5) is 10.9. The van der Waals surface area contributed by atoms with Crippen LogP contribution in [-0.4, -0.2) is 23.7 Å². The molecule has 3 heteroatoms. The molecular weight excluding hydrogens is 166 g/mol. The van der Waals surface area contributed by atoms with Crippen molar-refractivity contribution < 1.29 is 9.90 Å². The van der Waals surface area contributed by atoms with Gasteiger partial charge in [-0.3, -0.25) is 4.79 Å². The maximum atomic E-state index is 10.9. The van der Waals surface area contributed by atoms with Crippen LogP contribution in [-0.2, 0) is 4.79 Å². The topological polar surface area (TPSA) is 49.3 Å². The van der Waals surface area contributed by atoms with Crippen LogP contribution in [0.1, 0.15) is 40.0 Å². The molecule has 0 bridgehead atoms. The second-order valence-electron chi connectivity index (χ2n) is 3.32. The normalized spacial score (nSPS) is 15.3. The number of rotatable bonds is 7. The lowest BCUT2D eigenvalue weighted by Gasteiger charge is -2.22. The van der Waals surface area contributed by atoms with Crippen molar-refractivity contribution in [3.8, 4) is 0 Å². The summed E-state index contributed by atoms with van der Waals surface area (Å²) in [6.45, 7) is 6.94. The fourth-order valence-electron chi connectivity index (χ4n) is 1.53. The minimum absolute atomic E-state index is 0.127. The summed E-state index contributed by atoms with van der Waals surface area (Å²) in [6, 6.07) is 0.127. The van der Waals surface area contributed by atoms with E-state index in [4.69, 9.17) is 5.11 Å². The highest BCUT2D eigenvalue weighted by atomic mass is 16.4. The van der Waals surface area contributed by atoms with E-state index < -0.39 is 5.97 Å². The fourth-order valence-corrected chi connectivity index (χ4v) is 1.53. The molecule has 78 valence electrons. The number of aliphatic carboxylic acids is 1. The van der Waals surface area contributed by atoms with Gasteiger partial charge in [0.15, 0.2) is 0 Å². The van der Waals surface area contributed by atoms with Crippen LogP contribution in [0.3, 0.4) is 0 Å². The summed E-state index contributed by atoms with van der Waals surface area (Å²) in [6.07, 6.45) is 2.63. The summed E-state index contributed by atoms with van der Waals surface area (Å²) in [5.41, 5.74) is 0. The van der Waals surface area contributed by atoms with Crippen LogP contribution in [0.25, 0.3) is 0 Å². The van der Waals surface area contributed by atoms with Gasteiger partial charge in [-0.2, -0.15) is 0 Å². The van der Waals surface area contributed by atoms with Crippen molar-refractivity contribution in [2.75, 3.05) is 6.54 Å². The van der Waals surface area contributed by atoms with E-state index in [0.717, 1.165) is 19.4 Å². The molecule has 13 heavy (non-hydrogen) atoms. The van der Waals surface area contributed by atoms with E-state index in [9.17, 15) is 4.79 Å². The number of carbonyl (C=O) groups is 1. The van der Waals surface area contributed by atoms with Crippen LogP contribution >= 0.6 is 0 Å². The molecule has 0 spiro atoms. The lowest BCUT2D eigenvalue weighted by molar-refractivity contribution is -0.142. The molecule has 0 aliphatic rings. The Balaban J connectivity index is 4.08. The average Bonchev–Trinajstić information content (AvgIpc) is 2.11. The molecule has 2 N–H and O–H groups in total. The summed E-state index contributed by atoms with van der Waals surface area (Å²) in [7, 11) is 0. The van der Waals surface area contributed by atoms with Gasteiger partial charge in [-0.1, -0.05) is 20.8 Å². The summed E-state index contributed by atoms with van der Waals surface area (Å²) in [5.74, 6) is -0.922. The molecule has 0 saturated heterocycles. The Morgan fingerprint density at radius 1 is 1.31 bits per heavy atom. The van der Waals surface area contributed by atoms with Crippen molar-refractivity contribution in [3.05, 3.63) is 0 Å². The number of hydrogen-bond acceptors (Lipinski definition) is 2. The van der Waals surface area contributed by atoms with E-state index in [0.29, 0.717) is 6.42 Å². The van der Waals surface area contributed by atoms with Gasteiger partial charge in [-0.25, -0.2) is 0 Å². The van der Waals surface area contributed by atoms with Gasteiger partial charge in [-0.15, -0.1) is 0 Å². The molecule has 0 amide bonds. The van der Waals surface area contributed by atoms with Crippen LogP contribution in [0.15, 0.2) is 0 Å². The third-order valence-corrected chi connectivity index (χ3v) is 2.34. The lowest BCUT2D eigenvalue weighted by Crippen LogP contribution is -2.39. The molecule has 0 aliphatic carbocycles. The highest BCUT2D eigenvalue weighted by Crippen LogP contribution is 2.12. The second-order valence-corrected chi connectivity index (χ2v) is 3.32. The molecule has 0 fully saturated rings. The van der Waals surface area contributed by atoms with Crippen LogP contribution in [0, 0.1) is 5.92 Å². The smallest absolute Gasteiger partial charge is 0.308 e. The first-order chi connectivity index (χ1) is 6.17. The van der Waals surface area contributed by atoms with Crippen molar-refractivity contribution in [2.45, 2.75) is 46.1 Å². The SMILES string of the molecule is CCCNC(CC)C(CC)C(=O)O. The van der Waals surface area contributed by atoms with Gasteiger partial charge in [0, 0.05) is 6.04 Å². The number of carboxylic acid groups (broad SMARTS) is 1. The Morgan fingerprint density at radius 2 is 1.92 bits per heavy atom. The molecule has 0 aromatic rings. The van der Waals surface area contributed by atoms with E-state index >= 15 is 0 Å². The van der Waals surface area contributed by atoms with Crippen molar-refractivity contribution in [2.24, 2.45) is 5.92 Å². The first-order valence-electron chi connectivity index (χ1n) is 5.13. The predicted octanol–water partition coefficient (Wildman–Crippen LogP) is 1.88. The van der Waals surface area contributed by atoms with Crippen LogP contribution in [0.2, 0.25) is 0 Å².